The number of piperidine rings is 1. The highest BCUT2D eigenvalue weighted by atomic mass is 19.1. The van der Waals surface area contributed by atoms with E-state index in [0.29, 0.717) is 11.5 Å². The molecule has 1 aromatic rings. The molecule has 0 spiro atoms. The predicted octanol–water partition coefficient (Wildman–Crippen LogP) is 2.01. The first-order chi connectivity index (χ1) is 8.70. The van der Waals surface area contributed by atoms with Gasteiger partial charge in [-0.05, 0) is 49.0 Å². The molecule has 3 nitrogen and oxygen atoms in total. The van der Waals surface area contributed by atoms with Crippen molar-refractivity contribution in [3.63, 3.8) is 0 Å². The minimum atomic E-state index is -0.413. The molecule has 18 heavy (non-hydrogen) atoms. The summed E-state index contributed by atoms with van der Waals surface area (Å²) in [5, 5.41) is 3.29. The molecule has 2 rings (SSSR count). The highest BCUT2D eigenvalue weighted by Crippen LogP contribution is 2.26. The van der Waals surface area contributed by atoms with E-state index in [4.69, 9.17) is 0 Å². The molecule has 1 aromatic carbocycles. The van der Waals surface area contributed by atoms with Gasteiger partial charge >= 0.3 is 5.97 Å². The van der Waals surface area contributed by atoms with E-state index in [-0.39, 0.29) is 12.2 Å². The Morgan fingerprint density at radius 3 is 2.78 bits per heavy atom. The highest BCUT2D eigenvalue weighted by Gasteiger charge is 2.17. The van der Waals surface area contributed by atoms with Crippen LogP contribution in [-0.4, -0.2) is 26.2 Å². The summed E-state index contributed by atoms with van der Waals surface area (Å²) in [7, 11) is 1.31. The summed E-state index contributed by atoms with van der Waals surface area (Å²) < 4.78 is 18.4. The Morgan fingerprint density at radius 1 is 1.44 bits per heavy atom. The topological polar surface area (TPSA) is 38.3 Å². The maximum atomic E-state index is 13.9. The van der Waals surface area contributed by atoms with E-state index in [1.54, 1.807) is 12.1 Å². The van der Waals surface area contributed by atoms with Crippen LogP contribution in [0.4, 0.5) is 4.39 Å². The van der Waals surface area contributed by atoms with Gasteiger partial charge in [0.1, 0.15) is 5.82 Å². The number of rotatable bonds is 3. The number of hydrogen-bond donors (Lipinski definition) is 1. The predicted molar refractivity (Wildman–Crippen MR) is 67.0 cm³/mol. The summed E-state index contributed by atoms with van der Waals surface area (Å²) in [6, 6.07) is 5.19. The number of carbonyl (C=O) groups is 1. The van der Waals surface area contributed by atoms with Gasteiger partial charge in [0, 0.05) is 0 Å². The first-order valence-corrected chi connectivity index (χ1v) is 6.26. The molecule has 98 valence electrons. The van der Waals surface area contributed by atoms with Gasteiger partial charge in [-0.15, -0.1) is 0 Å². The van der Waals surface area contributed by atoms with E-state index in [1.165, 1.54) is 7.11 Å². The Morgan fingerprint density at radius 2 is 2.17 bits per heavy atom. The Labute approximate surface area is 106 Å². The van der Waals surface area contributed by atoms with Crippen LogP contribution in [0, 0.1) is 5.82 Å². The summed E-state index contributed by atoms with van der Waals surface area (Å²) in [4.78, 5) is 11.1. The third kappa shape index (κ3) is 3.07. The summed E-state index contributed by atoms with van der Waals surface area (Å²) in [6.07, 6.45) is 2.07. The van der Waals surface area contributed by atoms with Crippen LogP contribution in [0.5, 0.6) is 0 Å². The van der Waals surface area contributed by atoms with Crippen molar-refractivity contribution in [1.82, 2.24) is 5.32 Å². The molecule has 1 fully saturated rings. The fourth-order valence-electron chi connectivity index (χ4n) is 2.34. The Hall–Kier alpha value is -1.42. The lowest BCUT2D eigenvalue weighted by atomic mass is 9.89. The molecule has 0 aromatic heterocycles. The van der Waals surface area contributed by atoms with Crippen LogP contribution in [0.25, 0.3) is 0 Å². The van der Waals surface area contributed by atoms with E-state index in [0.717, 1.165) is 31.5 Å². The normalized spacial score (nSPS) is 16.6. The molecule has 0 saturated carbocycles. The Kier molecular flexibility index (Phi) is 4.31. The Balaban J connectivity index is 2.11. The zero-order valence-electron chi connectivity index (χ0n) is 10.5. The number of carbonyl (C=O) groups excluding carboxylic acids is 1. The zero-order chi connectivity index (χ0) is 13.0. The number of halogens is 1. The van der Waals surface area contributed by atoms with Crippen LogP contribution >= 0.6 is 0 Å². The fourth-order valence-corrected chi connectivity index (χ4v) is 2.34. The van der Waals surface area contributed by atoms with Crippen LogP contribution in [0.1, 0.15) is 29.9 Å². The highest BCUT2D eigenvalue weighted by molar-refractivity contribution is 5.72. The zero-order valence-corrected chi connectivity index (χ0v) is 10.5. The standard InChI is InChI=1S/C14H18FNO2/c1-18-14(17)9-12-3-2-11(8-13(12)15)10-4-6-16-7-5-10/h2-3,8,10,16H,4-7,9H2,1H3. The third-order valence-electron chi connectivity index (χ3n) is 3.45. The second-order valence-corrected chi connectivity index (χ2v) is 4.63. The van der Waals surface area contributed by atoms with E-state index in [1.807, 2.05) is 6.07 Å². The molecule has 4 heteroatoms. The molecule has 1 saturated heterocycles. The molecular weight excluding hydrogens is 233 g/mol. The average Bonchev–Trinajstić information content (AvgIpc) is 2.42. The van der Waals surface area contributed by atoms with Gasteiger partial charge in [-0.3, -0.25) is 4.79 Å². The van der Waals surface area contributed by atoms with E-state index in [2.05, 4.69) is 10.1 Å². The molecule has 1 aliphatic rings. The van der Waals surface area contributed by atoms with Gasteiger partial charge in [-0.1, -0.05) is 12.1 Å². The van der Waals surface area contributed by atoms with Crippen molar-refractivity contribution in [2.75, 3.05) is 20.2 Å². The Bertz CT molecular complexity index is 428. The largest absolute Gasteiger partial charge is 0.469 e. The van der Waals surface area contributed by atoms with Gasteiger partial charge in [0.05, 0.1) is 13.5 Å². The van der Waals surface area contributed by atoms with Gasteiger partial charge in [0.2, 0.25) is 0 Å². The lowest BCUT2D eigenvalue weighted by molar-refractivity contribution is -0.139. The molecule has 1 heterocycles. The summed E-state index contributed by atoms with van der Waals surface area (Å²) in [6.45, 7) is 1.96. The van der Waals surface area contributed by atoms with Crippen molar-refractivity contribution < 1.29 is 13.9 Å². The van der Waals surface area contributed by atoms with Gasteiger partial charge < -0.3 is 10.1 Å². The minimum Gasteiger partial charge on any atom is -0.469 e. The van der Waals surface area contributed by atoms with Crippen molar-refractivity contribution in [2.24, 2.45) is 0 Å². The first kappa shape index (κ1) is 13.0. The molecule has 0 bridgehead atoms. The van der Waals surface area contributed by atoms with Crippen molar-refractivity contribution >= 4 is 5.97 Å². The van der Waals surface area contributed by atoms with Crippen LogP contribution in [0.3, 0.4) is 0 Å². The van der Waals surface area contributed by atoms with Crippen LogP contribution in [0.15, 0.2) is 18.2 Å². The third-order valence-corrected chi connectivity index (χ3v) is 3.45. The first-order valence-electron chi connectivity index (χ1n) is 6.26. The smallest absolute Gasteiger partial charge is 0.310 e. The number of ether oxygens (including phenoxy) is 1. The van der Waals surface area contributed by atoms with Gasteiger partial charge in [0.15, 0.2) is 0 Å². The lowest BCUT2D eigenvalue weighted by Gasteiger charge is -2.23. The molecule has 1 N–H and O–H groups in total. The number of nitrogens with one attached hydrogen (secondary N) is 1. The maximum Gasteiger partial charge on any atom is 0.310 e. The molecular formula is C14H18FNO2. The molecule has 0 atom stereocenters. The van der Waals surface area contributed by atoms with Crippen LogP contribution < -0.4 is 5.32 Å². The van der Waals surface area contributed by atoms with Crippen molar-refractivity contribution in [3.8, 4) is 0 Å². The van der Waals surface area contributed by atoms with Crippen LogP contribution in [-0.2, 0) is 16.0 Å². The molecule has 0 amide bonds. The summed E-state index contributed by atoms with van der Waals surface area (Å²) in [5.41, 5.74) is 1.43. The monoisotopic (exact) mass is 251 g/mol. The van der Waals surface area contributed by atoms with E-state index >= 15 is 0 Å². The molecule has 0 unspecified atom stereocenters. The number of methoxy groups -OCH3 is 1. The van der Waals surface area contributed by atoms with Gasteiger partial charge in [-0.2, -0.15) is 0 Å². The lowest BCUT2D eigenvalue weighted by Crippen LogP contribution is -2.26. The van der Waals surface area contributed by atoms with Crippen molar-refractivity contribution in [3.05, 3.63) is 35.1 Å². The molecule has 0 radical (unpaired) electrons. The summed E-state index contributed by atoms with van der Waals surface area (Å²) >= 11 is 0. The van der Waals surface area contributed by atoms with E-state index < -0.39 is 5.97 Å². The van der Waals surface area contributed by atoms with Crippen molar-refractivity contribution in [1.29, 1.82) is 0 Å². The van der Waals surface area contributed by atoms with Gasteiger partial charge in [0.25, 0.3) is 0 Å². The van der Waals surface area contributed by atoms with E-state index in [9.17, 15) is 9.18 Å². The second-order valence-electron chi connectivity index (χ2n) is 4.63. The number of benzene rings is 1. The molecule has 0 aliphatic carbocycles. The second kappa shape index (κ2) is 5.96. The maximum absolute atomic E-state index is 13.9. The average molecular weight is 251 g/mol. The minimum absolute atomic E-state index is 0.00512. The number of hydrogen-bond acceptors (Lipinski definition) is 3. The van der Waals surface area contributed by atoms with Crippen molar-refractivity contribution in [2.45, 2.75) is 25.2 Å². The fraction of sp³-hybridized carbons (Fsp3) is 0.500. The number of esters is 1. The SMILES string of the molecule is COC(=O)Cc1ccc(C2CCNCC2)cc1F. The van der Waals surface area contributed by atoms with Crippen LogP contribution in [0.2, 0.25) is 0 Å². The van der Waals surface area contributed by atoms with Gasteiger partial charge in [-0.25, -0.2) is 4.39 Å². The summed E-state index contributed by atoms with van der Waals surface area (Å²) in [5.74, 6) is -0.298. The quantitative estimate of drug-likeness (QED) is 0.835. The molecule has 1 aliphatic heterocycles.